The first-order chi connectivity index (χ1) is 12.8. The summed E-state index contributed by atoms with van der Waals surface area (Å²) in [6.45, 7) is 2.24. The number of rotatable bonds is 5. The van der Waals surface area contributed by atoms with Crippen LogP contribution in [-0.4, -0.2) is 41.1 Å². The minimum atomic E-state index is -0.00819. The molecule has 3 atom stereocenters. The van der Waals surface area contributed by atoms with Gasteiger partial charge in [-0.25, -0.2) is 0 Å². The molecule has 5 nitrogen and oxygen atoms in total. The van der Waals surface area contributed by atoms with E-state index in [1.807, 2.05) is 36.2 Å². The molecule has 6 heteroatoms. The van der Waals surface area contributed by atoms with Gasteiger partial charge in [0.1, 0.15) is 6.04 Å². The number of thioether (sulfide) groups is 1. The monoisotopic (exact) mass is 369 g/mol. The van der Waals surface area contributed by atoms with Crippen LogP contribution in [0.5, 0.6) is 11.5 Å². The van der Waals surface area contributed by atoms with Gasteiger partial charge < -0.3 is 14.4 Å². The molecule has 2 aliphatic heterocycles. The molecule has 0 bridgehead atoms. The van der Waals surface area contributed by atoms with Crippen LogP contribution in [-0.2, 0) is 0 Å². The molecule has 2 aromatic rings. The smallest absolute Gasteiger partial charge is 0.161 e. The molecule has 0 saturated carbocycles. The topological polar surface area (TPSA) is 47.0 Å². The zero-order valence-corrected chi connectivity index (χ0v) is 16.1. The second-order valence-electron chi connectivity index (χ2n) is 6.45. The van der Waals surface area contributed by atoms with Gasteiger partial charge in [-0.15, -0.1) is 0 Å². The van der Waals surface area contributed by atoms with E-state index in [4.69, 9.17) is 14.5 Å². The molecule has 1 aromatic carbocycles. The standard InChI is InChI=1S/C20H23N3O2S/c1-4-14-12-26-20-22-18(15-7-5-6-10-21-15)19(23(14)20)13-8-9-16(24-2)17(11-13)25-3/h5-11,14,18-19H,4,12H2,1-3H3/t14-,18-,19+/m1/s1. The number of pyridine rings is 1. The third-order valence-electron chi connectivity index (χ3n) is 5.08. The fourth-order valence-electron chi connectivity index (χ4n) is 3.75. The van der Waals surface area contributed by atoms with Crippen molar-refractivity contribution in [2.75, 3.05) is 20.0 Å². The van der Waals surface area contributed by atoms with Crippen LogP contribution in [0.3, 0.4) is 0 Å². The van der Waals surface area contributed by atoms with Gasteiger partial charge in [-0.1, -0.05) is 30.8 Å². The van der Waals surface area contributed by atoms with Crippen LogP contribution in [0.1, 0.15) is 36.7 Å². The van der Waals surface area contributed by atoms with Crippen LogP contribution in [0.2, 0.25) is 0 Å². The summed E-state index contributed by atoms with van der Waals surface area (Å²) >= 11 is 1.85. The molecule has 0 amide bonds. The third kappa shape index (κ3) is 2.82. The SMILES string of the molecule is CC[C@@H]1CSC2=N[C@H](c3ccccn3)[C@H](c3ccc(OC)c(OC)c3)N21. The third-order valence-corrected chi connectivity index (χ3v) is 6.20. The fourth-order valence-corrected chi connectivity index (χ4v) is 5.08. The van der Waals surface area contributed by atoms with Gasteiger partial charge in [-0.05, 0) is 36.2 Å². The first kappa shape index (κ1) is 17.2. The van der Waals surface area contributed by atoms with E-state index in [9.17, 15) is 0 Å². The van der Waals surface area contributed by atoms with E-state index >= 15 is 0 Å². The zero-order chi connectivity index (χ0) is 18.1. The lowest BCUT2D eigenvalue weighted by Crippen LogP contribution is -2.35. The molecular formula is C20H23N3O2S. The van der Waals surface area contributed by atoms with E-state index in [1.54, 1.807) is 14.2 Å². The maximum absolute atomic E-state index is 5.54. The van der Waals surface area contributed by atoms with Crippen molar-refractivity contribution in [3.63, 3.8) is 0 Å². The Morgan fingerprint density at radius 1 is 1.15 bits per heavy atom. The number of hydrogen-bond donors (Lipinski definition) is 0. The Labute approximate surface area is 158 Å². The number of amidine groups is 1. The Kier molecular flexibility index (Phi) is 4.76. The first-order valence-corrected chi connectivity index (χ1v) is 9.87. The predicted octanol–water partition coefficient (Wildman–Crippen LogP) is 4.08. The van der Waals surface area contributed by atoms with Gasteiger partial charge >= 0.3 is 0 Å². The number of nitrogens with zero attached hydrogens (tertiary/aromatic N) is 3. The molecule has 1 aromatic heterocycles. The normalized spacial score (nSPS) is 24.3. The van der Waals surface area contributed by atoms with Crippen LogP contribution in [0.4, 0.5) is 0 Å². The summed E-state index contributed by atoms with van der Waals surface area (Å²) in [6, 6.07) is 12.8. The van der Waals surface area contributed by atoms with Gasteiger partial charge in [0.05, 0.1) is 26.0 Å². The second-order valence-corrected chi connectivity index (χ2v) is 7.44. The van der Waals surface area contributed by atoms with E-state index in [1.165, 1.54) is 5.56 Å². The molecule has 0 spiro atoms. The molecule has 26 heavy (non-hydrogen) atoms. The lowest BCUT2D eigenvalue weighted by Gasteiger charge is -2.32. The van der Waals surface area contributed by atoms with Crippen molar-refractivity contribution in [3.8, 4) is 11.5 Å². The molecule has 1 saturated heterocycles. The molecule has 4 rings (SSSR count). The van der Waals surface area contributed by atoms with Gasteiger partial charge in [0, 0.05) is 18.0 Å². The molecular weight excluding hydrogens is 346 g/mol. The van der Waals surface area contributed by atoms with E-state index < -0.39 is 0 Å². The molecule has 1 fully saturated rings. The highest BCUT2D eigenvalue weighted by molar-refractivity contribution is 8.14. The summed E-state index contributed by atoms with van der Waals surface area (Å²) in [6.07, 6.45) is 2.94. The number of benzene rings is 1. The largest absolute Gasteiger partial charge is 0.493 e. The van der Waals surface area contributed by atoms with E-state index in [0.29, 0.717) is 6.04 Å². The minimum absolute atomic E-state index is 0.00819. The Bertz CT molecular complexity index is 812. The molecule has 136 valence electrons. The van der Waals surface area contributed by atoms with Crippen molar-refractivity contribution in [1.29, 1.82) is 0 Å². The number of methoxy groups -OCH3 is 2. The number of aromatic nitrogens is 1. The summed E-state index contributed by atoms with van der Waals surface area (Å²) in [5.74, 6) is 2.58. The van der Waals surface area contributed by atoms with E-state index in [-0.39, 0.29) is 12.1 Å². The van der Waals surface area contributed by atoms with Crippen LogP contribution in [0, 0.1) is 0 Å². The van der Waals surface area contributed by atoms with E-state index in [2.05, 4.69) is 35.0 Å². The number of fused-ring (bicyclic) bond motifs is 1. The molecule has 0 unspecified atom stereocenters. The van der Waals surface area contributed by atoms with Crippen molar-refractivity contribution in [1.82, 2.24) is 9.88 Å². The van der Waals surface area contributed by atoms with Crippen molar-refractivity contribution in [2.45, 2.75) is 31.5 Å². The zero-order valence-electron chi connectivity index (χ0n) is 15.3. The second kappa shape index (κ2) is 7.19. The minimum Gasteiger partial charge on any atom is -0.493 e. The fraction of sp³-hybridized carbons (Fsp3) is 0.400. The predicted molar refractivity (Wildman–Crippen MR) is 105 cm³/mol. The highest BCUT2D eigenvalue weighted by Crippen LogP contribution is 2.49. The van der Waals surface area contributed by atoms with Crippen LogP contribution < -0.4 is 9.47 Å². The van der Waals surface area contributed by atoms with Gasteiger partial charge in [-0.3, -0.25) is 9.98 Å². The molecule has 0 N–H and O–H groups in total. The summed E-state index contributed by atoms with van der Waals surface area (Å²) in [7, 11) is 3.34. The Morgan fingerprint density at radius 3 is 2.69 bits per heavy atom. The number of aliphatic imine (C=N–C) groups is 1. The van der Waals surface area contributed by atoms with Gasteiger partial charge in [-0.2, -0.15) is 0 Å². The van der Waals surface area contributed by atoms with Crippen LogP contribution in [0.25, 0.3) is 0 Å². The van der Waals surface area contributed by atoms with E-state index in [0.717, 1.165) is 34.5 Å². The van der Waals surface area contributed by atoms with Gasteiger partial charge in [0.2, 0.25) is 0 Å². The highest BCUT2D eigenvalue weighted by Gasteiger charge is 2.45. The van der Waals surface area contributed by atoms with Crippen LogP contribution >= 0.6 is 11.8 Å². The molecule has 0 aliphatic carbocycles. The maximum atomic E-state index is 5.54. The molecule has 3 heterocycles. The summed E-state index contributed by atoms with van der Waals surface area (Å²) in [5.41, 5.74) is 2.18. The van der Waals surface area contributed by atoms with Crippen molar-refractivity contribution in [2.24, 2.45) is 4.99 Å². The van der Waals surface area contributed by atoms with Crippen molar-refractivity contribution in [3.05, 3.63) is 53.9 Å². The summed E-state index contributed by atoms with van der Waals surface area (Å²) < 4.78 is 11.0. The quantitative estimate of drug-likeness (QED) is 0.795. The Morgan fingerprint density at radius 2 is 2.00 bits per heavy atom. The van der Waals surface area contributed by atoms with Gasteiger partial charge in [0.25, 0.3) is 0 Å². The lowest BCUT2D eigenvalue weighted by molar-refractivity contribution is 0.254. The van der Waals surface area contributed by atoms with Crippen molar-refractivity contribution >= 4 is 16.9 Å². The molecule has 0 radical (unpaired) electrons. The van der Waals surface area contributed by atoms with Crippen molar-refractivity contribution < 1.29 is 9.47 Å². The number of ether oxygens (including phenoxy) is 2. The summed E-state index contributed by atoms with van der Waals surface area (Å²) in [5, 5.41) is 1.13. The average Bonchev–Trinajstić information content (AvgIpc) is 3.27. The van der Waals surface area contributed by atoms with Gasteiger partial charge in [0.15, 0.2) is 16.7 Å². The number of hydrogen-bond acceptors (Lipinski definition) is 6. The summed E-state index contributed by atoms with van der Waals surface area (Å²) in [4.78, 5) is 12.1. The maximum Gasteiger partial charge on any atom is 0.161 e. The lowest BCUT2D eigenvalue weighted by atomic mass is 9.95. The Hall–Kier alpha value is -2.21. The highest BCUT2D eigenvalue weighted by atomic mass is 32.2. The van der Waals surface area contributed by atoms with Crippen LogP contribution in [0.15, 0.2) is 47.6 Å². The first-order valence-electron chi connectivity index (χ1n) is 8.88. The Balaban J connectivity index is 1.79. The average molecular weight is 369 g/mol. The molecule has 2 aliphatic rings.